The molecule has 2 heterocycles. The lowest BCUT2D eigenvalue weighted by Gasteiger charge is -2.27. The van der Waals surface area contributed by atoms with Gasteiger partial charge in [0.25, 0.3) is 5.91 Å². The monoisotopic (exact) mass is 440 g/mol. The Hall–Kier alpha value is -3.06. The second-order valence-electron chi connectivity index (χ2n) is 7.34. The average molecular weight is 441 g/mol. The summed E-state index contributed by atoms with van der Waals surface area (Å²) in [6.07, 6.45) is 3.24. The van der Waals surface area contributed by atoms with E-state index < -0.39 is 0 Å². The van der Waals surface area contributed by atoms with Crippen LogP contribution < -0.4 is 10.1 Å². The van der Waals surface area contributed by atoms with Crippen LogP contribution in [0, 0.1) is 0 Å². The first-order valence-corrected chi connectivity index (χ1v) is 10.9. The number of aromatic nitrogens is 2. The molecule has 0 bridgehead atoms. The van der Waals surface area contributed by atoms with E-state index in [4.69, 9.17) is 20.9 Å². The van der Waals surface area contributed by atoms with Crippen molar-refractivity contribution in [3.8, 4) is 17.1 Å². The molecule has 0 radical (unpaired) electrons. The highest BCUT2D eigenvalue weighted by Crippen LogP contribution is 2.28. The molecule has 0 saturated carbocycles. The van der Waals surface area contributed by atoms with Gasteiger partial charge in [-0.05, 0) is 56.5 Å². The zero-order valence-corrected chi connectivity index (χ0v) is 18.2. The third-order valence-corrected chi connectivity index (χ3v) is 5.42. The van der Waals surface area contributed by atoms with E-state index in [2.05, 4.69) is 15.5 Å². The Morgan fingerprint density at radius 3 is 2.81 bits per heavy atom. The second kappa shape index (κ2) is 9.83. The summed E-state index contributed by atoms with van der Waals surface area (Å²) < 4.78 is 11.1. The number of amides is 1. The van der Waals surface area contributed by atoms with Crippen LogP contribution in [0.1, 0.15) is 42.4 Å². The third-order valence-electron chi connectivity index (χ3n) is 5.18. The maximum absolute atomic E-state index is 13.0. The van der Waals surface area contributed by atoms with Gasteiger partial charge in [0.2, 0.25) is 11.7 Å². The van der Waals surface area contributed by atoms with Crippen LogP contribution in [0.4, 0.5) is 5.69 Å². The Bertz CT molecular complexity index is 1050. The van der Waals surface area contributed by atoms with Gasteiger partial charge in [0.15, 0.2) is 0 Å². The number of halogens is 1. The number of carbonyl (C=O) groups excluding carboxylic acids is 1. The van der Waals surface area contributed by atoms with Gasteiger partial charge in [-0.1, -0.05) is 28.9 Å². The summed E-state index contributed by atoms with van der Waals surface area (Å²) in [6, 6.07) is 12.8. The number of likely N-dealkylation sites (tertiary alicyclic amines) is 1. The molecule has 0 unspecified atom stereocenters. The number of anilines is 1. The summed E-state index contributed by atoms with van der Waals surface area (Å²) in [6.45, 7) is 4.31. The van der Waals surface area contributed by atoms with Crippen molar-refractivity contribution in [3.63, 3.8) is 0 Å². The van der Waals surface area contributed by atoms with Gasteiger partial charge in [0.05, 0.1) is 24.3 Å². The second-order valence-corrected chi connectivity index (χ2v) is 7.77. The average Bonchev–Trinajstić information content (AvgIpc) is 3.27. The van der Waals surface area contributed by atoms with Crippen LogP contribution in [0.5, 0.6) is 5.75 Å². The Labute approximate surface area is 186 Å². The maximum Gasteiger partial charge on any atom is 0.255 e. The lowest BCUT2D eigenvalue weighted by molar-refractivity contribution is 0.0725. The zero-order valence-electron chi connectivity index (χ0n) is 17.4. The molecule has 1 N–H and O–H groups in total. The molecule has 4 rings (SSSR count). The predicted octanol–water partition coefficient (Wildman–Crippen LogP) is 5.03. The van der Waals surface area contributed by atoms with Crippen LogP contribution in [-0.4, -0.2) is 40.6 Å². The van der Waals surface area contributed by atoms with Gasteiger partial charge >= 0.3 is 0 Å². The van der Waals surface area contributed by atoms with Gasteiger partial charge in [0.1, 0.15) is 5.75 Å². The number of rotatable bonds is 7. The zero-order chi connectivity index (χ0) is 21.6. The largest absolute Gasteiger partial charge is 0.493 e. The lowest BCUT2D eigenvalue weighted by Crippen LogP contribution is -2.36. The van der Waals surface area contributed by atoms with Gasteiger partial charge < -0.3 is 19.5 Å². The lowest BCUT2D eigenvalue weighted by atomic mass is 10.1. The van der Waals surface area contributed by atoms with Crippen LogP contribution in [0.3, 0.4) is 0 Å². The van der Waals surface area contributed by atoms with Gasteiger partial charge in [-0.3, -0.25) is 4.79 Å². The summed E-state index contributed by atoms with van der Waals surface area (Å²) >= 11 is 6.19. The molecule has 7 nitrogen and oxygen atoms in total. The summed E-state index contributed by atoms with van der Waals surface area (Å²) in [5, 5.41) is 7.87. The smallest absolute Gasteiger partial charge is 0.255 e. The first-order chi connectivity index (χ1) is 15.2. The van der Waals surface area contributed by atoms with E-state index in [1.54, 1.807) is 18.2 Å². The molecule has 0 atom stereocenters. The van der Waals surface area contributed by atoms with Crippen molar-refractivity contribution < 1.29 is 14.1 Å². The molecule has 8 heteroatoms. The molecular weight excluding hydrogens is 416 g/mol. The molecule has 2 aromatic carbocycles. The van der Waals surface area contributed by atoms with Crippen LogP contribution in [0.25, 0.3) is 11.4 Å². The van der Waals surface area contributed by atoms with Gasteiger partial charge in [-0.25, -0.2) is 0 Å². The number of nitrogens with zero attached hydrogens (tertiary/aromatic N) is 3. The molecule has 0 aliphatic carbocycles. The highest BCUT2D eigenvalue weighted by molar-refractivity contribution is 6.31. The molecule has 162 valence electrons. The van der Waals surface area contributed by atoms with E-state index in [-0.39, 0.29) is 12.5 Å². The molecule has 1 fully saturated rings. The molecule has 0 spiro atoms. The van der Waals surface area contributed by atoms with Crippen molar-refractivity contribution in [2.75, 3.05) is 25.0 Å². The Morgan fingerprint density at radius 2 is 2.00 bits per heavy atom. The predicted molar refractivity (Wildman–Crippen MR) is 119 cm³/mol. The highest BCUT2D eigenvalue weighted by atomic mass is 35.5. The third kappa shape index (κ3) is 4.99. The molecule has 1 aliphatic rings. The minimum Gasteiger partial charge on any atom is -0.493 e. The summed E-state index contributed by atoms with van der Waals surface area (Å²) in [5.74, 6) is 1.57. The number of para-hydroxylation sites is 1. The molecule has 1 saturated heterocycles. The first kappa shape index (κ1) is 21.2. The fourth-order valence-electron chi connectivity index (χ4n) is 3.66. The quantitative estimate of drug-likeness (QED) is 0.555. The van der Waals surface area contributed by atoms with Gasteiger partial charge in [0, 0.05) is 23.8 Å². The molecule has 1 aromatic heterocycles. The van der Waals surface area contributed by atoms with Crippen molar-refractivity contribution in [3.05, 3.63) is 58.9 Å². The SMILES string of the molecule is CCOc1ccccc1-c1noc(CNc2cc(Cl)ccc2C(=O)N2CCCCC2)n1. The van der Waals surface area contributed by atoms with Crippen LogP contribution >= 0.6 is 11.6 Å². The van der Waals surface area contributed by atoms with E-state index in [1.807, 2.05) is 36.1 Å². The normalized spacial score (nSPS) is 13.8. The first-order valence-electron chi connectivity index (χ1n) is 10.5. The Balaban J connectivity index is 1.50. The van der Waals surface area contributed by atoms with Crippen molar-refractivity contribution in [2.24, 2.45) is 0 Å². The number of nitrogens with one attached hydrogen (secondary N) is 1. The maximum atomic E-state index is 13.0. The molecular formula is C23H25ClN4O3. The number of carbonyl (C=O) groups is 1. The van der Waals surface area contributed by atoms with E-state index in [9.17, 15) is 4.79 Å². The number of ether oxygens (including phenoxy) is 1. The van der Waals surface area contributed by atoms with Crippen molar-refractivity contribution in [1.82, 2.24) is 15.0 Å². The van der Waals surface area contributed by atoms with Crippen LogP contribution in [-0.2, 0) is 6.54 Å². The van der Waals surface area contributed by atoms with Gasteiger partial charge in [-0.2, -0.15) is 4.98 Å². The van der Waals surface area contributed by atoms with E-state index in [0.29, 0.717) is 40.3 Å². The summed E-state index contributed by atoms with van der Waals surface area (Å²) in [5.41, 5.74) is 2.01. The van der Waals surface area contributed by atoms with E-state index >= 15 is 0 Å². The standard InChI is InChI=1S/C23H25ClN4O3/c1-2-30-20-9-5-4-8-18(20)22-26-21(31-27-22)15-25-19-14-16(24)10-11-17(19)23(29)28-12-6-3-7-13-28/h4-5,8-11,14,25H,2-3,6-7,12-13,15H2,1H3. The summed E-state index contributed by atoms with van der Waals surface area (Å²) in [4.78, 5) is 19.4. The van der Waals surface area contributed by atoms with Crippen molar-refractivity contribution in [1.29, 1.82) is 0 Å². The Morgan fingerprint density at radius 1 is 1.19 bits per heavy atom. The van der Waals surface area contributed by atoms with E-state index in [1.165, 1.54) is 6.42 Å². The number of hydrogen-bond donors (Lipinski definition) is 1. The minimum absolute atomic E-state index is 0.00993. The van der Waals surface area contributed by atoms with Gasteiger partial charge in [-0.15, -0.1) is 0 Å². The van der Waals surface area contributed by atoms with Crippen LogP contribution in [0.2, 0.25) is 5.02 Å². The number of hydrogen-bond acceptors (Lipinski definition) is 6. The molecule has 1 aliphatic heterocycles. The topological polar surface area (TPSA) is 80.5 Å². The van der Waals surface area contributed by atoms with E-state index in [0.717, 1.165) is 31.5 Å². The Kier molecular flexibility index (Phi) is 6.72. The number of benzene rings is 2. The van der Waals surface area contributed by atoms with Crippen molar-refractivity contribution in [2.45, 2.75) is 32.7 Å². The van der Waals surface area contributed by atoms with Crippen LogP contribution in [0.15, 0.2) is 47.0 Å². The molecule has 1 amide bonds. The minimum atomic E-state index is 0.00993. The number of piperidine rings is 1. The van der Waals surface area contributed by atoms with Crippen molar-refractivity contribution >= 4 is 23.2 Å². The molecule has 31 heavy (non-hydrogen) atoms. The highest BCUT2D eigenvalue weighted by Gasteiger charge is 2.21. The molecule has 3 aromatic rings. The fraction of sp³-hybridized carbons (Fsp3) is 0.348. The summed E-state index contributed by atoms with van der Waals surface area (Å²) in [7, 11) is 0. The fourth-order valence-corrected chi connectivity index (χ4v) is 3.83.